The Kier molecular flexibility index (Phi) is 5.13. The SMILES string of the molecule is CC(=O)c1cccc(NC(=O)[C@H](C)OC(=O)Cn2cnnn2)c1. The number of Topliss-reactive ketones (excluding diaryl/α,β-unsaturated/α-hetero) is 1. The van der Waals surface area contributed by atoms with Gasteiger partial charge in [-0.2, -0.15) is 0 Å². The van der Waals surface area contributed by atoms with E-state index in [1.165, 1.54) is 24.9 Å². The molecule has 0 aliphatic heterocycles. The number of anilines is 1. The van der Waals surface area contributed by atoms with E-state index in [9.17, 15) is 14.4 Å². The van der Waals surface area contributed by atoms with Gasteiger partial charge in [0.05, 0.1) is 0 Å². The average Bonchev–Trinajstić information content (AvgIpc) is 3.00. The fourth-order valence-electron chi connectivity index (χ4n) is 1.73. The minimum Gasteiger partial charge on any atom is -0.451 e. The molecule has 1 aromatic carbocycles. The van der Waals surface area contributed by atoms with E-state index in [2.05, 4.69) is 20.8 Å². The molecule has 0 saturated heterocycles. The number of hydrogen-bond acceptors (Lipinski definition) is 7. The Labute approximate surface area is 131 Å². The van der Waals surface area contributed by atoms with Crippen molar-refractivity contribution in [2.75, 3.05) is 5.32 Å². The number of nitrogens with zero attached hydrogens (tertiary/aromatic N) is 4. The molecule has 0 radical (unpaired) electrons. The molecule has 0 spiro atoms. The Balaban J connectivity index is 1.90. The van der Waals surface area contributed by atoms with Crippen LogP contribution < -0.4 is 5.32 Å². The van der Waals surface area contributed by atoms with Crippen LogP contribution >= 0.6 is 0 Å². The Morgan fingerprint density at radius 2 is 2.13 bits per heavy atom. The van der Waals surface area contributed by atoms with Crippen molar-refractivity contribution in [2.24, 2.45) is 0 Å². The normalized spacial score (nSPS) is 11.6. The molecular formula is C14H15N5O4. The average molecular weight is 317 g/mol. The van der Waals surface area contributed by atoms with Crippen molar-refractivity contribution in [3.8, 4) is 0 Å². The number of ketones is 1. The highest BCUT2D eigenvalue weighted by Crippen LogP contribution is 2.12. The number of benzene rings is 1. The second kappa shape index (κ2) is 7.25. The Morgan fingerprint density at radius 1 is 1.35 bits per heavy atom. The summed E-state index contributed by atoms with van der Waals surface area (Å²) in [5.74, 6) is -1.25. The molecule has 0 saturated carbocycles. The lowest BCUT2D eigenvalue weighted by atomic mass is 10.1. The first-order valence-electron chi connectivity index (χ1n) is 6.78. The first kappa shape index (κ1) is 16.3. The van der Waals surface area contributed by atoms with Crippen LogP contribution in [0.4, 0.5) is 5.69 Å². The number of amides is 1. The van der Waals surface area contributed by atoms with Gasteiger partial charge in [-0.1, -0.05) is 12.1 Å². The van der Waals surface area contributed by atoms with E-state index < -0.39 is 18.0 Å². The van der Waals surface area contributed by atoms with Crippen LogP contribution in [0.5, 0.6) is 0 Å². The van der Waals surface area contributed by atoms with Gasteiger partial charge in [0, 0.05) is 11.3 Å². The molecule has 1 atom stereocenters. The summed E-state index contributed by atoms with van der Waals surface area (Å²) in [6.07, 6.45) is 0.263. The maximum Gasteiger partial charge on any atom is 0.328 e. The molecular weight excluding hydrogens is 302 g/mol. The van der Waals surface area contributed by atoms with Crippen LogP contribution in [0.15, 0.2) is 30.6 Å². The van der Waals surface area contributed by atoms with Crippen molar-refractivity contribution in [1.29, 1.82) is 0 Å². The lowest BCUT2D eigenvalue weighted by molar-refractivity contribution is -0.153. The number of carbonyl (C=O) groups excluding carboxylic acids is 3. The van der Waals surface area contributed by atoms with Crippen molar-refractivity contribution in [3.63, 3.8) is 0 Å². The Hall–Kier alpha value is -3.10. The molecule has 0 fully saturated rings. The zero-order valence-corrected chi connectivity index (χ0v) is 12.6. The van der Waals surface area contributed by atoms with Crippen LogP contribution in [-0.4, -0.2) is 44.0 Å². The first-order valence-corrected chi connectivity index (χ1v) is 6.78. The summed E-state index contributed by atoms with van der Waals surface area (Å²) >= 11 is 0. The molecule has 1 heterocycles. The predicted octanol–water partition coefficient (Wildman–Crippen LogP) is 0.446. The van der Waals surface area contributed by atoms with Crippen LogP contribution in [0.3, 0.4) is 0 Å². The van der Waals surface area contributed by atoms with Gasteiger partial charge in [0.25, 0.3) is 5.91 Å². The van der Waals surface area contributed by atoms with E-state index in [1.54, 1.807) is 24.3 Å². The van der Waals surface area contributed by atoms with E-state index in [4.69, 9.17) is 4.74 Å². The summed E-state index contributed by atoms with van der Waals surface area (Å²) in [5, 5.41) is 12.9. The standard InChI is InChI=1S/C14H15N5O4/c1-9(20)11-4-3-5-12(6-11)16-14(22)10(2)23-13(21)7-19-8-15-17-18-19/h3-6,8,10H,7H2,1-2H3,(H,16,22)/t10-/m0/s1. The molecule has 120 valence electrons. The summed E-state index contributed by atoms with van der Waals surface area (Å²) in [4.78, 5) is 35.0. The van der Waals surface area contributed by atoms with Crippen molar-refractivity contribution < 1.29 is 19.1 Å². The molecule has 0 aliphatic carbocycles. The number of ether oxygens (including phenoxy) is 1. The number of rotatable bonds is 6. The molecule has 23 heavy (non-hydrogen) atoms. The van der Waals surface area contributed by atoms with E-state index in [-0.39, 0.29) is 12.3 Å². The lowest BCUT2D eigenvalue weighted by Gasteiger charge is -2.13. The minimum atomic E-state index is -1.00. The molecule has 9 heteroatoms. The van der Waals surface area contributed by atoms with E-state index in [1.807, 2.05) is 0 Å². The van der Waals surface area contributed by atoms with Gasteiger partial charge in [-0.05, 0) is 36.4 Å². The Bertz CT molecular complexity index is 714. The van der Waals surface area contributed by atoms with Crippen LogP contribution in [0.25, 0.3) is 0 Å². The summed E-state index contributed by atoms with van der Waals surface area (Å²) < 4.78 is 6.18. The van der Waals surface area contributed by atoms with Crippen LogP contribution in [0.1, 0.15) is 24.2 Å². The topological polar surface area (TPSA) is 116 Å². The maximum absolute atomic E-state index is 12.0. The second-order valence-electron chi connectivity index (χ2n) is 4.77. The van der Waals surface area contributed by atoms with E-state index in [0.717, 1.165) is 0 Å². The third-order valence-electron chi connectivity index (χ3n) is 2.90. The minimum absolute atomic E-state index is 0.109. The van der Waals surface area contributed by atoms with Gasteiger partial charge in [0.2, 0.25) is 0 Å². The van der Waals surface area contributed by atoms with Crippen molar-refractivity contribution in [3.05, 3.63) is 36.2 Å². The number of esters is 1. The van der Waals surface area contributed by atoms with Crippen molar-refractivity contribution in [1.82, 2.24) is 20.2 Å². The third kappa shape index (κ3) is 4.70. The molecule has 0 unspecified atom stereocenters. The quantitative estimate of drug-likeness (QED) is 0.607. The smallest absolute Gasteiger partial charge is 0.328 e. The molecule has 2 rings (SSSR count). The summed E-state index contributed by atoms with van der Waals surface area (Å²) in [7, 11) is 0. The number of hydrogen-bond donors (Lipinski definition) is 1. The number of nitrogens with one attached hydrogen (secondary N) is 1. The third-order valence-corrected chi connectivity index (χ3v) is 2.90. The van der Waals surface area contributed by atoms with Gasteiger partial charge in [-0.25, -0.2) is 4.68 Å². The van der Waals surface area contributed by atoms with Gasteiger partial charge < -0.3 is 10.1 Å². The van der Waals surface area contributed by atoms with Gasteiger partial charge in [-0.3, -0.25) is 14.4 Å². The lowest BCUT2D eigenvalue weighted by Crippen LogP contribution is -2.31. The molecule has 1 amide bonds. The number of tetrazole rings is 1. The van der Waals surface area contributed by atoms with Gasteiger partial charge in [-0.15, -0.1) is 5.10 Å². The van der Waals surface area contributed by atoms with Crippen LogP contribution in [-0.2, 0) is 20.9 Å². The highest BCUT2D eigenvalue weighted by Gasteiger charge is 2.18. The largest absolute Gasteiger partial charge is 0.451 e. The second-order valence-corrected chi connectivity index (χ2v) is 4.77. The maximum atomic E-state index is 12.0. The van der Waals surface area contributed by atoms with E-state index >= 15 is 0 Å². The Morgan fingerprint density at radius 3 is 2.78 bits per heavy atom. The molecule has 1 N–H and O–H groups in total. The first-order chi connectivity index (χ1) is 11.0. The fourth-order valence-corrected chi connectivity index (χ4v) is 1.73. The number of carbonyl (C=O) groups is 3. The highest BCUT2D eigenvalue weighted by atomic mass is 16.5. The van der Waals surface area contributed by atoms with Crippen LogP contribution in [0.2, 0.25) is 0 Å². The number of aromatic nitrogens is 4. The predicted molar refractivity (Wildman–Crippen MR) is 78.4 cm³/mol. The molecule has 0 aliphatic rings. The van der Waals surface area contributed by atoms with Gasteiger partial charge in [0.1, 0.15) is 12.9 Å². The van der Waals surface area contributed by atoms with Gasteiger partial charge in [0.15, 0.2) is 11.9 Å². The van der Waals surface area contributed by atoms with Gasteiger partial charge >= 0.3 is 5.97 Å². The molecule has 9 nitrogen and oxygen atoms in total. The van der Waals surface area contributed by atoms with Crippen molar-refractivity contribution in [2.45, 2.75) is 26.5 Å². The summed E-state index contributed by atoms with van der Waals surface area (Å²) in [6, 6.07) is 6.49. The fraction of sp³-hybridized carbons (Fsp3) is 0.286. The highest BCUT2D eigenvalue weighted by molar-refractivity contribution is 5.98. The van der Waals surface area contributed by atoms with Crippen LogP contribution in [0, 0.1) is 0 Å². The zero-order chi connectivity index (χ0) is 16.8. The van der Waals surface area contributed by atoms with Crippen molar-refractivity contribution >= 4 is 23.3 Å². The molecule has 2 aromatic rings. The molecule has 1 aromatic heterocycles. The zero-order valence-electron chi connectivity index (χ0n) is 12.6. The van der Waals surface area contributed by atoms with E-state index in [0.29, 0.717) is 11.3 Å². The summed E-state index contributed by atoms with van der Waals surface area (Å²) in [6.45, 7) is 2.69. The monoisotopic (exact) mass is 317 g/mol. The summed E-state index contributed by atoms with van der Waals surface area (Å²) in [5.41, 5.74) is 0.928. The molecule has 0 bridgehead atoms.